The maximum absolute atomic E-state index is 5.23. The minimum absolute atomic E-state index is 0.868. The van der Waals surface area contributed by atoms with Crippen LogP contribution in [0.3, 0.4) is 0 Å². The molecule has 0 amide bonds. The average molecular weight is 342 g/mol. The van der Waals surface area contributed by atoms with Crippen LogP contribution in [0, 0.1) is 0 Å². The fourth-order valence-corrected chi connectivity index (χ4v) is 4.89. The summed E-state index contributed by atoms with van der Waals surface area (Å²) in [6.07, 6.45) is 1.00. The number of aryl methyl sites for hydroxylation is 1. The molecule has 0 nitrogen and oxygen atoms in total. The third-order valence-corrected chi connectivity index (χ3v) is 6.34. The molecule has 0 saturated carbocycles. The molecule has 90 valence electrons. The molecule has 0 heterocycles. The second-order valence-corrected chi connectivity index (χ2v) is 7.36. The first kappa shape index (κ1) is 14.7. The van der Waals surface area contributed by atoms with E-state index in [1.165, 1.54) is 32.2 Å². The lowest BCUT2D eigenvalue weighted by atomic mass is 10.0. The van der Waals surface area contributed by atoms with E-state index in [2.05, 4.69) is 31.2 Å². The van der Waals surface area contributed by atoms with Crippen LogP contribution in [0.25, 0.3) is 10.8 Å². The van der Waals surface area contributed by atoms with Crippen LogP contribution in [-0.2, 0) is 41.8 Å². The molecule has 0 bridgehead atoms. The van der Waals surface area contributed by atoms with Crippen molar-refractivity contribution in [3.63, 3.8) is 0 Å². The Bertz CT molecular complexity index is 638. The van der Waals surface area contributed by atoms with Gasteiger partial charge in [0.1, 0.15) is 0 Å². The number of hydrogen-bond acceptors (Lipinski definition) is 3. The summed E-state index contributed by atoms with van der Waals surface area (Å²) in [6, 6.07) is 8.50. The predicted octanol–water partition coefficient (Wildman–Crippen LogP) is 3.50. The van der Waals surface area contributed by atoms with Gasteiger partial charge in [-0.3, -0.25) is 0 Å². The van der Waals surface area contributed by atoms with Crippen molar-refractivity contribution < 1.29 is 0 Å². The first-order valence-corrected chi connectivity index (χ1v) is 11.1. The standard InChI is InChI=1S/C12H9P3S3/c1-2-7-3-4-9(14-17)12-10(15-18)6-5-8(13-16)11(7)12/h3-6H,2H2,1H3. The molecule has 0 fully saturated rings. The lowest BCUT2D eigenvalue weighted by Gasteiger charge is -2.11. The van der Waals surface area contributed by atoms with E-state index in [0.29, 0.717) is 0 Å². The van der Waals surface area contributed by atoms with Gasteiger partial charge in [-0.25, -0.2) is 0 Å². The Morgan fingerprint density at radius 3 is 1.67 bits per heavy atom. The van der Waals surface area contributed by atoms with Gasteiger partial charge in [0.25, 0.3) is 0 Å². The van der Waals surface area contributed by atoms with Crippen molar-refractivity contribution in [1.82, 2.24) is 0 Å². The molecule has 2 aromatic carbocycles. The summed E-state index contributed by atoms with van der Waals surface area (Å²) in [6.45, 7) is 2.17. The summed E-state index contributed by atoms with van der Waals surface area (Å²) in [7, 11) is 2.62. The van der Waals surface area contributed by atoms with Crippen LogP contribution in [0.15, 0.2) is 24.3 Å². The third-order valence-electron chi connectivity index (χ3n) is 2.86. The quantitative estimate of drug-likeness (QED) is 0.781. The van der Waals surface area contributed by atoms with Gasteiger partial charge < -0.3 is 0 Å². The Labute approximate surface area is 127 Å². The molecule has 0 N–H and O–H groups in total. The highest BCUT2D eigenvalue weighted by atomic mass is 32.4. The Kier molecular flexibility index (Phi) is 5.39. The van der Waals surface area contributed by atoms with E-state index in [4.69, 9.17) is 35.4 Å². The van der Waals surface area contributed by atoms with Gasteiger partial charge in [0.15, 0.2) is 0 Å². The molecular formula is C12H9P3S3. The van der Waals surface area contributed by atoms with Gasteiger partial charge in [0.2, 0.25) is 0 Å². The van der Waals surface area contributed by atoms with E-state index >= 15 is 0 Å². The van der Waals surface area contributed by atoms with Crippen LogP contribution in [0.2, 0.25) is 0 Å². The lowest BCUT2D eigenvalue weighted by molar-refractivity contribution is 1.16. The summed E-state index contributed by atoms with van der Waals surface area (Å²) >= 11 is 15.7. The van der Waals surface area contributed by atoms with E-state index in [1.807, 2.05) is 0 Å². The average Bonchev–Trinajstić information content (AvgIpc) is 2.44. The molecule has 0 aliphatic heterocycles. The summed E-state index contributed by atoms with van der Waals surface area (Å²) in [4.78, 5) is 0. The molecule has 2 aromatic rings. The number of hydrogen-bond donors (Lipinski definition) is 0. The summed E-state index contributed by atoms with van der Waals surface area (Å²) in [5.74, 6) is 0. The molecule has 0 radical (unpaired) electrons. The number of benzene rings is 2. The topological polar surface area (TPSA) is 0 Å². The minimum Gasteiger partial charge on any atom is -0.0613 e. The third kappa shape index (κ3) is 2.59. The van der Waals surface area contributed by atoms with Crippen molar-refractivity contribution in [3.05, 3.63) is 29.8 Å². The molecule has 0 saturated heterocycles. The van der Waals surface area contributed by atoms with E-state index in [1.54, 1.807) is 0 Å². The normalized spacial score (nSPS) is 11.6. The smallest absolute Gasteiger partial charge is 0.0216 e. The molecule has 0 aliphatic carbocycles. The highest BCUT2D eigenvalue weighted by molar-refractivity contribution is 8.01. The fraction of sp³-hybridized carbons (Fsp3) is 0.167. The highest BCUT2D eigenvalue weighted by Gasteiger charge is 2.11. The van der Waals surface area contributed by atoms with Gasteiger partial charge in [-0.15, -0.1) is 0 Å². The van der Waals surface area contributed by atoms with Crippen LogP contribution in [0.4, 0.5) is 0 Å². The van der Waals surface area contributed by atoms with Crippen molar-refractivity contribution in [1.29, 1.82) is 0 Å². The molecular weight excluding hydrogens is 333 g/mol. The van der Waals surface area contributed by atoms with Gasteiger partial charge in [-0.1, -0.05) is 48.4 Å². The van der Waals surface area contributed by atoms with Crippen LogP contribution in [-0.4, -0.2) is 0 Å². The molecule has 6 heteroatoms. The van der Waals surface area contributed by atoms with Crippen molar-refractivity contribution in [2.75, 3.05) is 0 Å². The van der Waals surface area contributed by atoms with Crippen LogP contribution in [0.1, 0.15) is 12.5 Å². The van der Waals surface area contributed by atoms with Crippen molar-refractivity contribution in [2.45, 2.75) is 13.3 Å². The van der Waals surface area contributed by atoms with Gasteiger partial charge in [-0.2, -0.15) is 0 Å². The van der Waals surface area contributed by atoms with E-state index in [9.17, 15) is 0 Å². The van der Waals surface area contributed by atoms with Crippen LogP contribution < -0.4 is 15.9 Å². The van der Waals surface area contributed by atoms with Crippen molar-refractivity contribution in [3.8, 4) is 0 Å². The minimum atomic E-state index is 0.868. The summed E-state index contributed by atoms with van der Waals surface area (Å²) in [5, 5.41) is 6.05. The van der Waals surface area contributed by atoms with Gasteiger partial charge in [0, 0.05) is 43.4 Å². The van der Waals surface area contributed by atoms with Crippen LogP contribution in [0.5, 0.6) is 0 Å². The van der Waals surface area contributed by atoms with Crippen molar-refractivity contribution >= 4 is 84.2 Å². The number of rotatable bonds is 4. The van der Waals surface area contributed by atoms with E-state index < -0.39 is 0 Å². The predicted molar refractivity (Wildman–Crippen MR) is 95.1 cm³/mol. The molecule has 2 rings (SSSR count). The lowest BCUT2D eigenvalue weighted by Crippen LogP contribution is -2.12. The second-order valence-electron chi connectivity index (χ2n) is 3.73. The molecule has 0 unspecified atom stereocenters. The fourth-order valence-electron chi connectivity index (χ4n) is 2.03. The van der Waals surface area contributed by atoms with Gasteiger partial charge in [-0.05, 0) is 35.6 Å². The first-order chi connectivity index (χ1) is 8.76. The van der Waals surface area contributed by atoms with Gasteiger partial charge >= 0.3 is 0 Å². The van der Waals surface area contributed by atoms with E-state index in [0.717, 1.165) is 28.5 Å². The molecule has 18 heavy (non-hydrogen) atoms. The van der Waals surface area contributed by atoms with Gasteiger partial charge in [0.05, 0.1) is 0 Å². The largest absolute Gasteiger partial charge is 0.0613 e. The monoisotopic (exact) mass is 342 g/mol. The molecule has 0 aliphatic rings. The summed E-state index contributed by atoms with van der Waals surface area (Å²) < 4.78 is 0. The first-order valence-electron chi connectivity index (χ1n) is 5.35. The Morgan fingerprint density at radius 2 is 1.22 bits per heavy atom. The number of fused-ring (bicyclic) bond motifs is 1. The Balaban J connectivity index is 3.06. The zero-order valence-corrected chi connectivity index (χ0v) is 14.7. The zero-order chi connectivity index (χ0) is 13.1. The molecule has 0 spiro atoms. The Hall–Kier alpha value is 0.260. The molecule has 0 atom stereocenters. The van der Waals surface area contributed by atoms with E-state index in [-0.39, 0.29) is 0 Å². The van der Waals surface area contributed by atoms with Crippen molar-refractivity contribution in [2.24, 2.45) is 0 Å². The molecule has 0 aromatic heterocycles. The Morgan fingerprint density at radius 1 is 0.778 bits per heavy atom. The summed E-state index contributed by atoms with van der Waals surface area (Å²) in [5.41, 5.74) is 1.33. The maximum atomic E-state index is 5.23. The highest BCUT2D eigenvalue weighted by Crippen LogP contribution is 2.22. The SMILES string of the molecule is CCc1ccc(P=S)c2c(P=S)ccc(P=S)c12. The maximum Gasteiger partial charge on any atom is 0.0216 e. The van der Waals surface area contributed by atoms with Crippen LogP contribution >= 0.6 is 22.1 Å². The zero-order valence-electron chi connectivity index (χ0n) is 9.58. The second kappa shape index (κ2) is 6.62.